The minimum atomic E-state index is 0.0345. The fourth-order valence-electron chi connectivity index (χ4n) is 1.75. The summed E-state index contributed by atoms with van der Waals surface area (Å²) < 4.78 is 5.89. The van der Waals surface area contributed by atoms with Crippen LogP contribution in [0.5, 0.6) is 0 Å². The van der Waals surface area contributed by atoms with Gasteiger partial charge in [0.05, 0.1) is 6.20 Å². The third-order valence-corrected chi connectivity index (χ3v) is 4.13. The number of hydrogen-bond acceptors (Lipinski definition) is 6. The standard InChI is InChI=1S/C11H11N5S2/c1-16-5-4-12-11(16)10(8-3-2-6-17-8)14-9-7-13-15-18-9/h2-7,10,14H,1H3. The summed E-state index contributed by atoms with van der Waals surface area (Å²) in [5.74, 6) is 0.978. The number of imidazole rings is 1. The molecular formula is C11H11N5S2. The number of rotatable bonds is 4. The lowest BCUT2D eigenvalue weighted by Crippen LogP contribution is -2.14. The monoisotopic (exact) mass is 277 g/mol. The summed E-state index contributed by atoms with van der Waals surface area (Å²) in [6.45, 7) is 0. The van der Waals surface area contributed by atoms with Gasteiger partial charge in [-0.05, 0) is 11.4 Å². The first-order valence-corrected chi connectivity index (χ1v) is 7.04. The highest BCUT2D eigenvalue weighted by atomic mass is 32.1. The predicted molar refractivity (Wildman–Crippen MR) is 72.9 cm³/mol. The highest BCUT2D eigenvalue weighted by Gasteiger charge is 2.19. The second kappa shape index (κ2) is 4.87. The summed E-state index contributed by atoms with van der Waals surface area (Å²) in [5.41, 5.74) is 0. The average molecular weight is 277 g/mol. The third kappa shape index (κ3) is 2.14. The van der Waals surface area contributed by atoms with Crippen molar-refractivity contribution in [2.24, 2.45) is 7.05 Å². The Bertz CT molecular complexity index is 599. The Balaban J connectivity index is 1.97. The highest BCUT2D eigenvalue weighted by molar-refractivity contribution is 7.10. The van der Waals surface area contributed by atoms with E-state index in [9.17, 15) is 0 Å². The van der Waals surface area contributed by atoms with Gasteiger partial charge in [-0.15, -0.1) is 16.4 Å². The van der Waals surface area contributed by atoms with Gasteiger partial charge in [0.1, 0.15) is 16.9 Å². The average Bonchev–Trinajstić information content (AvgIpc) is 3.09. The lowest BCUT2D eigenvalue weighted by molar-refractivity contribution is 0.758. The van der Waals surface area contributed by atoms with Crippen LogP contribution in [0, 0.1) is 0 Å². The largest absolute Gasteiger partial charge is 0.360 e. The van der Waals surface area contributed by atoms with Gasteiger partial charge in [-0.3, -0.25) is 0 Å². The molecule has 0 fully saturated rings. The molecule has 1 unspecified atom stereocenters. The van der Waals surface area contributed by atoms with Crippen molar-refractivity contribution in [2.45, 2.75) is 6.04 Å². The molecule has 0 saturated heterocycles. The fraction of sp³-hybridized carbons (Fsp3) is 0.182. The number of anilines is 1. The topological polar surface area (TPSA) is 55.6 Å². The van der Waals surface area contributed by atoms with E-state index in [0.29, 0.717) is 0 Å². The molecule has 7 heteroatoms. The minimum absolute atomic E-state index is 0.0345. The second-order valence-electron chi connectivity index (χ2n) is 3.77. The van der Waals surface area contributed by atoms with Crippen LogP contribution >= 0.6 is 22.9 Å². The van der Waals surface area contributed by atoms with E-state index in [1.54, 1.807) is 17.5 Å². The van der Waals surface area contributed by atoms with Gasteiger partial charge in [0.2, 0.25) is 0 Å². The SMILES string of the molecule is Cn1ccnc1C(Nc1cnns1)c1cccs1. The minimum Gasteiger partial charge on any atom is -0.360 e. The molecular weight excluding hydrogens is 266 g/mol. The molecule has 5 nitrogen and oxygen atoms in total. The molecule has 3 aromatic heterocycles. The maximum atomic E-state index is 4.42. The summed E-state index contributed by atoms with van der Waals surface area (Å²) in [6.07, 6.45) is 5.49. The van der Waals surface area contributed by atoms with Crippen LogP contribution in [-0.2, 0) is 7.05 Å². The number of aryl methyl sites for hydroxylation is 1. The van der Waals surface area contributed by atoms with Gasteiger partial charge in [-0.2, -0.15) is 0 Å². The van der Waals surface area contributed by atoms with Crippen molar-refractivity contribution < 1.29 is 0 Å². The molecule has 3 aromatic rings. The molecule has 1 atom stereocenters. The number of thiophene rings is 1. The Morgan fingerprint density at radius 2 is 2.39 bits per heavy atom. The quantitative estimate of drug-likeness (QED) is 0.796. The Kier molecular flexibility index (Phi) is 3.07. The molecule has 0 spiro atoms. The molecule has 0 bridgehead atoms. The van der Waals surface area contributed by atoms with Gasteiger partial charge in [-0.1, -0.05) is 10.6 Å². The Morgan fingerprint density at radius 1 is 1.44 bits per heavy atom. The van der Waals surface area contributed by atoms with Gasteiger partial charge in [0.25, 0.3) is 0 Å². The van der Waals surface area contributed by atoms with Gasteiger partial charge in [0.15, 0.2) is 0 Å². The van der Waals surface area contributed by atoms with E-state index in [0.717, 1.165) is 10.8 Å². The van der Waals surface area contributed by atoms with Crippen LogP contribution in [0.4, 0.5) is 5.00 Å². The van der Waals surface area contributed by atoms with Crippen LogP contribution in [0.1, 0.15) is 16.7 Å². The smallest absolute Gasteiger partial charge is 0.136 e. The molecule has 0 aliphatic rings. The van der Waals surface area contributed by atoms with Crippen LogP contribution < -0.4 is 5.32 Å². The van der Waals surface area contributed by atoms with E-state index >= 15 is 0 Å². The van der Waals surface area contributed by atoms with Crippen molar-refractivity contribution in [3.05, 3.63) is 46.8 Å². The van der Waals surface area contributed by atoms with Crippen molar-refractivity contribution in [1.82, 2.24) is 19.1 Å². The van der Waals surface area contributed by atoms with E-state index in [1.165, 1.54) is 16.4 Å². The summed E-state index contributed by atoms with van der Waals surface area (Å²) in [5, 5.41) is 10.3. The van der Waals surface area contributed by atoms with Crippen molar-refractivity contribution in [3.8, 4) is 0 Å². The summed E-state index contributed by atoms with van der Waals surface area (Å²) in [7, 11) is 2.00. The zero-order chi connectivity index (χ0) is 12.4. The van der Waals surface area contributed by atoms with Crippen LogP contribution in [0.15, 0.2) is 36.1 Å². The first kappa shape index (κ1) is 11.4. The molecule has 18 heavy (non-hydrogen) atoms. The van der Waals surface area contributed by atoms with E-state index < -0.39 is 0 Å². The van der Waals surface area contributed by atoms with Crippen LogP contribution in [-0.4, -0.2) is 19.1 Å². The molecule has 0 radical (unpaired) electrons. The van der Waals surface area contributed by atoms with Crippen molar-refractivity contribution >= 4 is 27.9 Å². The van der Waals surface area contributed by atoms with Gasteiger partial charge in [-0.25, -0.2) is 4.98 Å². The lowest BCUT2D eigenvalue weighted by atomic mass is 10.2. The molecule has 0 amide bonds. The maximum absolute atomic E-state index is 4.42. The van der Waals surface area contributed by atoms with Crippen molar-refractivity contribution in [3.63, 3.8) is 0 Å². The van der Waals surface area contributed by atoms with Gasteiger partial charge in [0, 0.05) is 35.9 Å². The molecule has 0 saturated carbocycles. The predicted octanol–water partition coefficient (Wildman–Crippen LogP) is 2.53. The Labute approximate surface area is 112 Å². The summed E-state index contributed by atoms with van der Waals surface area (Å²) in [6, 6.07) is 4.18. The first-order valence-electron chi connectivity index (χ1n) is 5.39. The number of hydrogen-bond donors (Lipinski definition) is 1. The van der Waals surface area contributed by atoms with Gasteiger partial charge < -0.3 is 9.88 Å². The zero-order valence-corrected chi connectivity index (χ0v) is 11.3. The molecule has 3 heterocycles. The molecule has 0 aromatic carbocycles. The van der Waals surface area contributed by atoms with E-state index in [-0.39, 0.29) is 6.04 Å². The first-order chi connectivity index (χ1) is 8.84. The number of nitrogens with zero attached hydrogens (tertiary/aromatic N) is 4. The van der Waals surface area contributed by atoms with Crippen LogP contribution in [0.3, 0.4) is 0 Å². The van der Waals surface area contributed by atoms with Crippen LogP contribution in [0.2, 0.25) is 0 Å². The van der Waals surface area contributed by atoms with Crippen LogP contribution in [0.25, 0.3) is 0 Å². The van der Waals surface area contributed by atoms with Crippen molar-refractivity contribution in [1.29, 1.82) is 0 Å². The number of nitrogens with one attached hydrogen (secondary N) is 1. The molecule has 92 valence electrons. The van der Waals surface area contributed by atoms with Gasteiger partial charge >= 0.3 is 0 Å². The highest BCUT2D eigenvalue weighted by Crippen LogP contribution is 2.29. The molecule has 1 N–H and O–H groups in total. The maximum Gasteiger partial charge on any atom is 0.136 e. The molecule has 3 rings (SSSR count). The summed E-state index contributed by atoms with van der Waals surface area (Å²) in [4.78, 5) is 5.64. The third-order valence-electron chi connectivity index (χ3n) is 2.59. The Morgan fingerprint density at radius 3 is 3.00 bits per heavy atom. The zero-order valence-electron chi connectivity index (χ0n) is 9.65. The number of aromatic nitrogens is 4. The fourth-order valence-corrected chi connectivity index (χ4v) is 2.97. The normalized spacial score (nSPS) is 12.5. The van der Waals surface area contributed by atoms with E-state index in [4.69, 9.17) is 0 Å². The van der Waals surface area contributed by atoms with Crippen molar-refractivity contribution in [2.75, 3.05) is 5.32 Å². The molecule has 0 aliphatic carbocycles. The summed E-state index contributed by atoms with van der Waals surface area (Å²) >= 11 is 3.05. The second-order valence-corrected chi connectivity index (χ2v) is 5.54. The molecule has 0 aliphatic heterocycles. The Hall–Kier alpha value is -1.73. The van der Waals surface area contributed by atoms with E-state index in [1.807, 2.05) is 30.1 Å². The van der Waals surface area contributed by atoms with E-state index in [2.05, 4.69) is 31.3 Å². The lowest BCUT2D eigenvalue weighted by Gasteiger charge is -2.16.